The molecule has 2 aliphatic rings. The van der Waals surface area contributed by atoms with Crippen molar-refractivity contribution in [1.82, 2.24) is 20.2 Å². The molecule has 3 rings (SSSR count). The second kappa shape index (κ2) is 5.44. The molecule has 20 heavy (non-hydrogen) atoms. The predicted octanol–water partition coefficient (Wildman–Crippen LogP) is -0.353. The first-order valence-corrected chi connectivity index (χ1v) is 6.84. The third-order valence-electron chi connectivity index (χ3n) is 3.53. The van der Waals surface area contributed by atoms with Crippen LogP contribution in [0.4, 0.5) is 5.95 Å². The number of nitrogens with zero attached hydrogens (tertiary/aromatic N) is 4. The van der Waals surface area contributed by atoms with Gasteiger partial charge in [-0.05, 0) is 18.9 Å². The van der Waals surface area contributed by atoms with E-state index in [0.717, 1.165) is 19.3 Å². The Morgan fingerprint density at radius 1 is 1.30 bits per heavy atom. The molecule has 106 valence electrons. The molecule has 1 saturated heterocycles. The van der Waals surface area contributed by atoms with Gasteiger partial charge in [-0.15, -0.1) is 0 Å². The number of nitrogens with one attached hydrogen (secondary N) is 1. The van der Waals surface area contributed by atoms with Crippen LogP contribution in [0, 0.1) is 0 Å². The zero-order valence-corrected chi connectivity index (χ0v) is 11.2. The first-order chi connectivity index (χ1) is 9.76. The van der Waals surface area contributed by atoms with E-state index in [1.165, 1.54) is 0 Å². The molecule has 1 N–H and O–H groups in total. The molecule has 0 spiro atoms. The number of carbonyl (C=O) groups excluding carboxylic acids is 2. The first kappa shape index (κ1) is 12.8. The van der Waals surface area contributed by atoms with Gasteiger partial charge in [0.25, 0.3) is 5.91 Å². The Morgan fingerprint density at radius 3 is 2.70 bits per heavy atom. The maximum Gasteiger partial charge on any atom is 0.270 e. The Balaban J connectivity index is 1.67. The van der Waals surface area contributed by atoms with E-state index in [9.17, 15) is 9.59 Å². The third-order valence-corrected chi connectivity index (χ3v) is 3.53. The lowest BCUT2D eigenvalue weighted by atomic mass is 10.3. The van der Waals surface area contributed by atoms with Gasteiger partial charge >= 0.3 is 0 Å². The third kappa shape index (κ3) is 2.87. The molecule has 0 radical (unpaired) electrons. The van der Waals surface area contributed by atoms with Crippen LogP contribution in [0.25, 0.3) is 0 Å². The van der Waals surface area contributed by atoms with Crippen LogP contribution in [0.5, 0.6) is 0 Å². The summed E-state index contributed by atoms with van der Waals surface area (Å²) in [6.07, 6.45) is 4.57. The zero-order chi connectivity index (χ0) is 13.9. The van der Waals surface area contributed by atoms with Crippen molar-refractivity contribution < 1.29 is 9.59 Å². The van der Waals surface area contributed by atoms with Gasteiger partial charge in [0.1, 0.15) is 5.69 Å². The lowest BCUT2D eigenvalue weighted by molar-refractivity contribution is -0.118. The Bertz CT molecular complexity index is 509. The van der Waals surface area contributed by atoms with Crippen LogP contribution in [0.3, 0.4) is 0 Å². The number of hydrogen-bond acceptors (Lipinski definition) is 5. The van der Waals surface area contributed by atoms with Gasteiger partial charge in [-0.1, -0.05) is 0 Å². The van der Waals surface area contributed by atoms with Gasteiger partial charge in [0.15, 0.2) is 0 Å². The molecular weight excluding hydrogens is 258 g/mol. The summed E-state index contributed by atoms with van der Waals surface area (Å²) in [4.78, 5) is 34.9. The monoisotopic (exact) mass is 275 g/mol. The molecule has 0 unspecified atom stereocenters. The van der Waals surface area contributed by atoms with E-state index < -0.39 is 0 Å². The van der Waals surface area contributed by atoms with Gasteiger partial charge in [-0.3, -0.25) is 9.59 Å². The molecule has 0 bridgehead atoms. The molecule has 1 aromatic heterocycles. The second-order valence-corrected chi connectivity index (χ2v) is 5.12. The quantitative estimate of drug-likeness (QED) is 0.760. The summed E-state index contributed by atoms with van der Waals surface area (Å²) in [5.74, 6) is 0.418. The Hall–Kier alpha value is -2.18. The fourth-order valence-electron chi connectivity index (χ4n) is 2.14. The molecule has 0 atom stereocenters. The number of piperazine rings is 1. The second-order valence-electron chi connectivity index (χ2n) is 5.12. The molecule has 1 saturated carbocycles. The summed E-state index contributed by atoms with van der Waals surface area (Å²) in [7, 11) is 0. The van der Waals surface area contributed by atoms with E-state index in [4.69, 9.17) is 0 Å². The van der Waals surface area contributed by atoms with Gasteiger partial charge in [-0.2, -0.15) is 0 Å². The number of carbonyl (C=O) groups is 2. The Morgan fingerprint density at radius 2 is 2.05 bits per heavy atom. The van der Waals surface area contributed by atoms with Gasteiger partial charge in [0.05, 0.1) is 0 Å². The minimum absolute atomic E-state index is 0.136. The van der Waals surface area contributed by atoms with E-state index >= 15 is 0 Å². The van der Waals surface area contributed by atoms with Crippen molar-refractivity contribution in [3.63, 3.8) is 0 Å². The zero-order valence-electron chi connectivity index (χ0n) is 11.2. The van der Waals surface area contributed by atoms with E-state index in [1.807, 2.05) is 4.90 Å². The smallest absolute Gasteiger partial charge is 0.270 e. The van der Waals surface area contributed by atoms with Crippen LogP contribution in [0.2, 0.25) is 0 Å². The Labute approximate surface area is 117 Å². The number of rotatable bonds is 4. The molecule has 1 aliphatic carbocycles. The van der Waals surface area contributed by atoms with Crippen molar-refractivity contribution in [3.8, 4) is 0 Å². The predicted molar refractivity (Wildman–Crippen MR) is 72.4 cm³/mol. The maximum absolute atomic E-state index is 12.0. The summed E-state index contributed by atoms with van der Waals surface area (Å²) < 4.78 is 0. The standard InChI is InChI=1S/C13H17N5O2/c19-9-17-5-7-18(8-6-17)13-14-4-3-11(16-13)12(20)15-10-1-2-10/h3-4,9-10H,1-2,5-8H2,(H,15,20). The van der Waals surface area contributed by atoms with Crippen LogP contribution in [-0.4, -0.2) is 59.4 Å². The van der Waals surface area contributed by atoms with E-state index in [1.54, 1.807) is 17.2 Å². The van der Waals surface area contributed by atoms with Gasteiger partial charge in [0.2, 0.25) is 12.4 Å². The van der Waals surface area contributed by atoms with Gasteiger partial charge in [-0.25, -0.2) is 9.97 Å². The fraction of sp³-hybridized carbons (Fsp3) is 0.538. The average Bonchev–Trinajstić information content (AvgIpc) is 3.31. The van der Waals surface area contributed by atoms with Crippen molar-refractivity contribution in [1.29, 1.82) is 0 Å². The molecule has 0 aromatic carbocycles. The summed E-state index contributed by atoms with van der Waals surface area (Å²) in [5.41, 5.74) is 0.403. The van der Waals surface area contributed by atoms with Crippen molar-refractivity contribution in [3.05, 3.63) is 18.0 Å². The van der Waals surface area contributed by atoms with Crippen LogP contribution in [-0.2, 0) is 4.79 Å². The van der Waals surface area contributed by atoms with Gasteiger partial charge in [0, 0.05) is 38.4 Å². The first-order valence-electron chi connectivity index (χ1n) is 6.84. The summed E-state index contributed by atoms with van der Waals surface area (Å²) in [6.45, 7) is 2.69. The minimum atomic E-state index is -0.136. The molecule has 2 fully saturated rings. The highest BCUT2D eigenvalue weighted by molar-refractivity contribution is 5.92. The van der Waals surface area contributed by atoms with Crippen LogP contribution < -0.4 is 10.2 Å². The number of aromatic nitrogens is 2. The van der Waals surface area contributed by atoms with Crippen molar-refractivity contribution >= 4 is 18.3 Å². The van der Waals surface area contributed by atoms with Crippen LogP contribution in [0.1, 0.15) is 23.3 Å². The molecule has 2 heterocycles. The van der Waals surface area contributed by atoms with E-state index in [2.05, 4.69) is 15.3 Å². The maximum atomic E-state index is 12.0. The SMILES string of the molecule is O=CN1CCN(c2nccc(C(=O)NC3CC3)n2)CC1. The molecule has 2 amide bonds. The van der Waals surface area contributed by atoms with E-state index in [-0.39, 0.29) is 5.91 Å². The summed E-state index contributed by atoms with van der Waals surface area (Å²) in [6, 6.07) is 1.94. The molecule has 7 heteroatoms. The molecule has 1 aliphatic heterocycles. The highest BCUT2D eigenvalue weighted by atomic mass is 16.2. The van der Waals surface area contributed by atoms with Crippen molar-refractivity contribution in [2.75, 3.05) is 31.1 Å². The van der Waals surface area contributed by atoms with Gasteiger partial charge < -0.3 is 15.1 Å². The van der Waals surface area contributed by atoms with Crippen molar-refractivity contribution in [2.24, 2.45) is 0 Å². The lowest BCUT2D eigenvalue weighted by Crippen LogP contribution is -2.46. The summed E-state index contributed by atoms with van der Waals surface area (Å²) >= 11 is 0. The average molecular weight is 275 g/mol. The minimum Gasteiger partial charge on any atom is -0.348 e. The lowest BCUT2D eigenvalue weighted by Gasteiger charge is -2.32. The highest BCUT2D eigenvalue weighted by Crippen LogP contribution is 2.19. The largest absolute Gasteiger partial charge is 0.348 e. The highest BCUT2D eigenvalue weighted by Gasteiger charge is 2.25. The van der Waals surface area contributed by atoms with Crippen LogP contribution >= 0.6 is 0 Å². The fourth-order valence-corrected chi connectivity index (χ4v) is 2.14. The summed E-state index contributed by atoms with van der Waals surface area (Å²) in [5, 5.41) is 2.91. The Kier molecular flexibility index (Phi) is 3.49. The van der Waals surface area contributed by atoms with Crippen LogP contribution in [0.15, 0.2) is 12.3 Å². The number of hydrogen-bond donors (Lipinski definition) is 1. The number of amides is 2. The number of anilines is 1. The van der Waals surface area contributed by atoms with E-state index in [0.29, 0.717) is 43.9 Å². The molecule has 7 nitrogen and oxygen atoms in total. The van der Waals surface area contributed by atoms with Crippen molar-refractivity contribution in [2.45, 2.75) is 18.9 Å². The topological polar surface area (TPSA) is 78.4 Å². The molecule has 1 aromatic rings. The molecular formula is C13H17N5O2. The normalized spacial score (nSPS) is 18.8.